The molecule has 3 aromatic rings. The molecule has 2 aromatic carbocycles. The van der Waals surface area contributed by atoms with Crippen LogP contribution in [-0.2, 0) is 21.2 Å². The van der Waals surface area contributed by atoms with E-state index in [-0.39, 0.29) is 24.0 Å². The lowest BCUT2D eigenvalue weighted by Crippen LogP contribution is -2.50. The molecule has 0 aliphatic heterocycles. The maximum absolute atomic E-state index is 13.1. The molecular weight excluding hydrogens is 524 g/mol. The summed E-state index contributed by atoms with van der Waals surface area (Å²) in [5.41, 5.74) is 0.380. The van der Waals surface area contributed by atoms with Crippen LogP contribution in [0.25, 0.3) is 11.0 Å². The Balaban J connectivity index is 1.47. The number of carbonyl (C=O) groups excluding carboxylic acids is 1. The first kappa shape index (κ1) is 28.7. The van der Waals surface area contributed by atoms with Gasteiger partial charge in [0, 0.05) is 6.54 Å². The largest absolute Gasteiger partial charge is 0.444 e. The van der Waals surface area contributed by atoms with Crippen molar-refractivity contribution >= 4 is 27.1 Å². The van der Waals surface area contributed by atoms with E-state index in [1.54, 1.807) is 20.8 Å². The summed E-state index contributed by atoms with van der Waals surface area (Å²) in [6, 6.07) is 12.6. The maximum atomic E-state index is 13.1. The molecule has 0 unspecified atom stereocenters. The van der Waals surface area contributed by atoms with Gasteiger partial charge < -0.3 is 25.0 Å². The van der Waals surface area contributed by atoms with E-state index >= 15 is 0 Å². The molecule has 1 saturated carbocycles. The molecule has 12 heteroatoms. The topological polar surface area (TPSA) is 152 Å². The maximum Gasteiger partial charge on any atom is 0.407 e. The van der Waals surface area contributed by atoms with Gasteiger partial charge in [-0.25, -0.2) is 22.7 Å². The average Bonchev–Trinajstić information content (AvgIpc) is 3.49. The number of hydrogen-bond donors (Lipinski definition) is 4. The first-order valence-corrected chi connectivity index (χ1v) is 14.5. The summed E-state index contributed by atoms with van der Waals surface area (Å²) in [6.07, 6.45) is 2.04. The number of nitrogens with one attached hydrogen (secondary N) is 3. The Kier molecular flexibility index (Phi) is 8.67. The van der Waals surface area contributed by atoms with E-state index in [1.165, 1.54) is 22.9 Å². The number of aromatic nitrogens is 2. The third-order valence-electron chi connectivity index (χ3n) is 6.43. The monoisotopic (exact) mass is 560 g/mol. The van der Waals surface area contributed by atoms with Gasteiger partial charge in [-0.15, -0.1) is 4.73 Å². The van der Waals surface area contributed by atoms with Crippen molar-refractivity contribution in [1.82, 2.24) is 19.8 Å². The summed E-state index contributed by atoms with van der Waals surface area (Å²) in [5.74, 6) is 0. The van der Waals surface area contributed by atoms with E-state index in [0.717, 1.165) is 31.2 Å². The number of amides is 1. The van der Waals surface area contributed by atoms with Gasteiger partial charge in [-0.2, -0.15) is 0 Å². The lowest BCUT2D eigenvalue weighted by Gasteiger charge is -2.27. The van der Waals surface area contributed by atoms with Crippen molar-refractivity contribution in [2.75, 3.05) is 6.54 Å². The minimum atomic E-state index is -4.06. The number of fused-ring (bicyclic) bond motifs is 1. The van der Waals surface area contributed by atoms with Crippen molar-refractivity contribution in [3.8, 4) is 0 Å². The van der Waals surface area contributed by atoms with Gasteiger partial charge >= 0.3 is 11.8 Å². The molecule has 1 aromatic heterocycles. The molecule has 1 aliphatic carbocycles. The molecule has 1 aliphatic rings. The standard InChI is InChI=1S/C27H36N4O7S/c1-27(2,3)37-26(34)30-22(15-18-9-5-4-6-10-18)24(32)17-28-39(35,36)20-13-14-23-21(16-20)29-25(33)31(23)38-19-11-7-8-12-19/h4-6,9-10,13-14,16,19,22,24,28,32H,7-8,11-12,15,17H2,1-3H3,(H,29,33)(H,30,34)/t22-,24+/m0/s1. The predicted octanol–water partition coefficient (Wildman–Crippen LogP) is 2.48. The molecule has 4 rings (SSSR count). The van der Waals surface area contributed by atoms with Crippen LogP contribution < -0.4 is 20.6 Å². The first-order chi connectivity index (χ1) is 18.4. The molecular formula is C27H36N4O7S. The zero-order valence-electron chi connectivity index (χ0n) is 22.3. The first-order valence-electron chi connectivity index (χ1n) is 13.0. The molecule has 4 N–H and O–H groups in total. The van der Waals surface area contributed by atoms with Gasteiger partial charge in [0.2, 0.25) is 10.0 Å². The van der Waals surface area contributed by atoms with Crippen molar-refractivity contribution in [3.63, 3.8) is 0 Å². The highest BCUT2D eigenvalue weighted by atomic mass is 32.2. The minimum Gasteiger partial charge on any atom is -0.444 e. The predicted molar refractivity (Wildman–Crippen MR) is 146 cm³/mol. The highest BCUT2D eigenvalue weighted by Crippen LogP contribution is 2.21. The van der Waals surface area contributed by atoms with Gasteiger partial charge in [-0.3, -0.25) is 0 Å². The average molecular weight is 561 g/mol. The number of carbonyl (C=O) groups is 1. The molecule has 0 radical (unpaired) electrons. The van der Waals surface area contributed by atoms with Crippen LogP contribution >= 0.6 is 0 Å². The lowest BCUT2D eigenvalue weighted by atomic mass is 10.0. The second kappa shape index (κ2) is 11.8. The Bertz CT molecular complexity index is 1440. The van der Waals surface area contributed by atoms with Crippen LogP contribution in [-0.4, -0.2) is 59.7 Å². The highest BCUT2D eigenvalue weighted by Gasteiger charge is 2.27. The van der Waals surface area contributed by atoms with E-state index in [2.05, 4.69) is 15.0 Å². The number of alkyl carbamates (subject to hydrolysis) is 1. The fourth-order valence-electron chi connectivity index (χ4n) is 4.51. The molecule has 39 heavy (non-hydrogen) atoms. The number of benzene rings is 2. The number of aromatic amines is 1. The third kappa shape index (κ3) is 7.61. The van der Waals surface area contributed by atoms with E-state index in [9.17, 15) is 23.1 Å². The molecule has 1 amide bonds. The molecule has 1 heterocycles. The Morgan fingerprint density at radius 3 is 2.51 bits per heavy atom. The Morgan fingerprint density at radius 2 is 1.85 bits per heavy atom. The Morgan fingerprint density at radius 1 is 1.15 bits per heavy atom. The fourth-order valence-corrected chi connectivity index (χ4v) is 5.59. The molecule has 0 bridgehead atoms. The number of imidazole rings is 1. The van der Waals surface area contributed by atoms with Gasteiger partial charge in [0.15, 0.2) is 0 Å². The van der Waals surface area contributed by atoms with Crippen molar-refractivity contribution in [2.24, 2.45) is 0 Å². The van der Waals surface area contributed by atoms with Crippen molar-refractivity contribution < 1.29 is 27.9 Å². The molecule has 11 nitrogen and oxygen atoms in total. The Labute approximate surface area is 227 Å². The van der Waals surface area contributed by atoms with Crippen LogP contribution in [0.1, 0.15) is 52.0 Å². The van der Waals surface area contributed by atoms with E-state index in [4.69, 9.17) is 9.57 Å². The number of nitrogens with zero attached hydrogens (tertiary/aromatic N) is 1. The van der Waals surface area contributed by atoms with Crippen molar-refractivity contribution in [3.05, 3.63) is 64.6 Å². The summed E-state index contributed by atoms with van der Waals surface area (Å²) in [6.45, 7) is 4.81. The quantitative estimate of drug-likeness (QED) is 0.297. The van der Waals surface area contributed by atoms with E-state index in [0.29, 0.717) is 11.0 Å². The van der Waals surface area contributed by atoms with Crippen molar-refractivity contribution in [1.29, 1.82) is 0 Å². The second-order valence-electron chi connectivity index (χ2n) is 10.8. The van der Waals surface area contributed by atoms with Gasteiger partial charge in [-0.1, -0.05) is 30.3 Å². The fraction of sp³-hybridized carbons (Fsp3) is 0.481. The zero-order valence-corrected chi connectivity index (χ0v) is 23.2. The normalized spacial score (nSPS) is 16.2. The Hall–Kier alpha value is -3.35. The number of rotatable bonds is 10. The van der Waals surface area contributed by atoms with Crippen LogP contribution in [0.3, 0.4) is 0 Å². The molecule has 2 atom stereocenters. The van der Waals surface area contributed by atoms with Crippen LogP contribution in [0.2, 0.25) is 0 Å². The van der Waals surface area contributed by atoms with Crippen molar-refractivity contribution in [2.45, 2.75) is 81.6 Å². The number of ether oxygens (including phenoxy) is 1. The van der Waals surface area contributed by atoms with Gasteiger partial charge in [0.25, 0.3) is 0 Å². The van der Waals surface area contributed by atoms with E-state index in [1.807, 2.05) is 30.3 Å². The summed E-state index contributed by atoms with van der Waals surface area (Å²) in [4.78, 5) is 33.3. The van der Waals surface area contributed by atoms with Crippen LogP contribution in [0.15, 0.2) is 58.2 Å². The molecule has 0 spiro atoms. The summed E-state index contributed by atoms with van der Waals surface area (Å²) >= 11 is 0. The number of sulfonamides is 1. The summed E-state index contributed by atoms with van der Waals surface area (Å²) < 4.78 is 35.1. The number of H-pyrrole nitrogens is 1. The van der Waals surface area contributed by atoms with Crippen LogP contribution in [0, 0.1) is 0 Å². The number of aliphatic hydroxyl groups is 1. The molecule has 212 valence electrons. The summed E-state index contributed by atoms with van der Waals surface area (Å²) in [7, 11) is -4.06. The van der Waals surface area contributed by atoms with Gasteiger partial charge in [0.05, 0.1) is 22.6 Å². The number of aliphatic hydroxyl groups excluding tert-OH is 1. The molecule has 0 saturated heterocycles. The van der Waals surface area contributed by atoms with Crippen LogP contribution in [0.5, 0.6) is 0 Å². The van der Waals surface area contributed by atoms with Gasteiger partial charge in [-0.05, 0) is 76.6 Å². The smallest absolute Gasteiger partial charge is 0.407 e. The van der Waals surface area contributed by atoms with E-state index < -0.39 is 39.6 Å². The zero-order chi connectivity index (χ0) is 28.2. The minimum absolute atomic E-state index is 0.0496. The highest BCUT2D eigenvalue weighted by molar-refractivity contribution is 7.89. The van der Waals surface area contributed by atoms with Crippen LogP contribution in [0.4, 0.5) is 4.79 Å². The second-order valence-corrected chi connectivity index (χ2v) is 12.5. The van der Waals surface area contributed by atoms with Gasteiger partial charge in [0.1, 0.15) is 17.2 Å². The number of hydrogen-bond acceptors (Lipinski definition) is 7. The lowest BCUT2D eigenvalue weighted by molar-refractivity contribution is 0.0425. The summed E-state index contributed by atoms with van der Waals surface area (Å²) in [5, 5.41) is 13.6. The third-order valence-corrected chi connectivity index (χ3v) is 7.85. The molecule has 1 fully saturated rings. The SMILES string of the molecule is CC(C)(C)OC(=O)N[C@@H](Cc1ccccc1)[C@H](O)CNS(=O)(=O)c1ccc2c(c1)[nH]c(=O)n2OC1CCCC1.